The summed E-state index contributed by atoms with van der Waals surface area (Å²) in [7, 11) is -2.42. The van der Waals surface area contributed by atoms with Gasteiger partial charge in [-0.3, -0.25) is 4.72 Å². The summed E-state index contributed by atoms with van der Waals surface area (Å²) in [5.74, 6) is -0.171. The van der Waals surface area contributed by atoms with Gasteiger partial charge in [0.25, 0.3) is 9.05 Å². The van der Waals surface area contributed by atoms with E-state index in [-0.39, 0.29) is 26.4 Å². The van der Waals surface area contributed by atoms with Crippen molar-refractivity contribution in [3.63, 3.8) is 0 Å². The van der Waals surface area contributed by atoms with Crippen LogP contribution < -0.4 is 4.72 Å². The van der Waals surface area contributed by atoms with E-state index in [9.17, 15) is 16.8 Å². The lowest BCUT2D eigenvalue weighted by Crippen LogP contribution is -2.15. The fourth-order valence-corrected chi connectivity index (χ4v) is 3.30. The number of benzene rings is 1. The smallest absolute Gasteiger partial charge is 0.261 e. The van der Waals surface area contributed by atoms with Crippen LogP contribution in [0.2, 0.25) is 10.0 Å². The van der Waals surface area contributed by atoms with Crippen molar-refractivity contribution in [2.24, 2.45) is 0 Å². The van der Waals surface area contributed by atoms with Crippen LogP contribution in [0.15, 0.2) is 17.0 Å². The Morgan fingerprint density at radius 2 is 1.56 bits per heavy atom. The van der Waals surface area contributed by atoms with Gasteiger partial charge in [-0.25, -0.2) is 16.8 Å². The molecule has 0 aliphatic heterocycles. The van der Waals surface area contributed by atoms with Crippen molar-refractivity contribution in [2.75, 3.05) is 10.5 Å². The maximum absolute atomic E-state index is 11.4. The predicted molar refractivity (Wildman–Crippen MR) is 72.6 cm³/mol. The molecule has 0 saturated carbocycles. The monoisotopic (exact) mass is 351 g/mol. The van der Waals surface area contributed by atoms with Gasteiger partial charge < -0.3 is 0 Å². The van der Waals surface area contributed by atoms with Crippen LogP contribution in [0.4, 0.5) is 5.69 Å². The molecule has 102 valence electrons. The largest absolute Gasteiger partial charge is 0.281 e. The maximum atomic E-state index is 11.4. The number of anilines is 1. The van der Waals surface area contributed by atoms with Gasteiger partial charge in [0.05, 0.1) is 26.4 Å². The van der Waals surface area contributed by atoms with E-state index in [0.29, 0.717) is 0 Å². The summed E-state index contributed by atoms with van der Waals surface area (Å²) in [5, 5.41) is -0.308. The van der Waals surface area contributed by atoms with Crippen molar-refractivity contribution in [3.05, 3.63) is 22.2 Å². The number of nitrogens with one attached hydrogen (secondary N) is 1. The minimum absolute atomic E-state index is 0.0794. The molecule has 18 heavy (non-hydrogen) atoms. The van der Waals surface area contributed by atoms with E-state index in [1.54, 1.807) is 0 Å². The average Bonchev–Trinajstić information content (AvgIpc) is 2.22. The second-order valence-corrected chi connectivity index (χ2v) is 8.60. The van der Waals surface area contributed by atoms with Crippen LogP contribution in [-0.2, 0) is 19.1 Å². The molecular weight excluding hydrogens is 345 g/mol. The SMILES string of the molecule is CCS(=O)(=O)Nc1c(Cl)cc(S(=O)(=O)Cl)cc1Cl. The Morgan fingerprint density at radius 1 is 1.11 bits per heavy atom. The average molecular weight is 353 g/mol. The third-order valence-corrected chi connectivity index (χ3v) is 5.14. The first-order valence-electron chi connectivity index (χ1n) is 4.51. The lowest BCUT2D eigenvalue weighted by atomic mass is 10.3. The third kappa shape index (κ3) is 3.89. The zero-order valence-electron chi connectivity index (χ0n) is 8.95. The number of halogens is 3. The molecular formula is C8H8Cl3NO4S2. The zero-order valence-corrected chi connectivity index (χ0v) is 12.8. The standard InChI is InChI=1S/C8H8Cl3NO4S2/c1-2-17(13,14)12-8-6(9)3-5(4-7(8)10)18(11,15)16/h3-4,12H,2H2,1H3. The summed E-state index contributed by atoms with van der Waals surface area (Å²) in [4.78, 5) is -0.307. The van der Waals surface area contributed by atoms with E-state index in [1.807, 2.05) is 0 Å². The maximum Gasteiger partial charge on any atom is 0.261 e. The van der Waals surface area contributed by atoms with E-state index < -0.39 is 19.1 Å². The zero-order chi connectivity index (χ0) is 14.1. The second-order valence-electron chi connectivity index (χ2n) is 3.21. The topological polar surface area (TPSA) is 80.3 Å². The number of sulfonamides is 1. The van der Waals surface area contributed by atoms with Gasteiger partial charge in [0.15, 0.2) is 0 Å². The molecule has 0 saturated heterocycles. The fourth-order valence-electron chi connectivity index (χ4n) is 1.02. The van der Waals surface area contributed by atoms with Gasteiger partial charge in [-0.2, -0.15) is 0 Å². The van der Waals surface area contributed by atoms with E-state index in [0.717, 1.165) is 12.1 Å². The molecule has 0 aromatic heterocycles. The molecule has 0 aliphatic carbocycles. The normalized spacial score (nSPS) is 12.4. The van der Waals surface area contributed by atoms with Crippen LogP contribution in [0.5, 0.6) is 0 Å². The van der Waals surface area contributed by atoms with Crippen molar-refractivity contribution in [1.82, 2.24) is 0 Å². The molecule has 1 rings (SSSR count). The summed E-state index contributed by atoms with van der Waals surface area (Å²) < 4.78 is 47.1. The summed E-state index contributed by atoms with van der Waals surface area (Å²) >= 11 is 11.5. The fraction of sp³-hybridized carbons (Fsp3) is 0.250. The van der Waals surface area contributed by atoms with Crippen LogP contribution in [0.3, 0.4) is 0 Å². The van der Waals surface area contributed by atoms with E-state index >= 15 is 0 Å². The molecule has 0 fully saturated rings. The minimum atomic E-state index is -3.99. The van der Waals surface area contributed by atoms with Crippen molar-refractivity contribution in [3.8, 4) is 0 Å². The quantitative estimate of drug-likeness (QED) is 0.845. The molecule has 0 radical (unpaired) electrons. The van der Waals surface area contributed by atoms with E-state index in [2.05, 4.69) is 4.72 Å². The Balaban J connectivity index is 3.35. The highest BCUT2D eigenvalue weighted by Crippen LogP contribution is 2.35. The summed E-state index contributed by atoms with van der Waals surface area (Å²) in [6, 6.07) is 2.03. The van der Waals surface area contributed by atoms with E-state index in [4.69, 9.17) is 33.9 Å². The van der Waals surface area contributed by atoms with Gasteiger partial charge in [0.1, 0.15) is 0 Å². The second kappa shape index (κ2) is 5.42. The molecule has 1 aromatic rings. The molecule has 0 aliphatic rings. The molecule has 5 nitrogen and oxygen atoms in total. The number of rotatable bonds is 4. The first kappa shape index (κ1) is 15.8. The van der Waals surface area contributed by atoms with Gasteiger partial charge in [0, 0.05) is 10.7 Å². The van der Waals surface area contributed by atoms with Crippen LogP contribution in [0.25, 0.3) is 0 Å². The molecule has 1 aromatic carbocycles. The molecule has 1 N–H and O–H groups in total. The van der Waals surface area contributed by atoms with Crippen LogP contribution >= 0.6 is 33.9 Å². The highest BCUT2D eigenvalue weighted by molar-refractivity contribution is 8.13. The minimum Gasteiger partial charge on any atom is -0.281 e. The Hall–Kier alpha value is -0.210. The van der Waals surface area contributed by atoms with Crippen molar-refractivity contribution in [2.45, 2.75) is 11.8 Å². The predicted octanol–water partition coefficient (Wildman–Crippen LogP) is 2.68. The first-order valence-corrected chi connectivity index (χ1v) is 9.23. The Labute approximate surface area is 120 Å². The number of hydrogen-bond acceptors (Lipinski definition) is 4. The molecule has 0 atom stereocenters. The molecule has 0 spiro atoms. The molecule has 0 amide bonds. The molecule has 10 heteroatoms. The van der Waals surface area contributed by atoms with Gasteiger partial charge in [-0.1, -0.05) is 23.2 Å². The summed E-state index contributed by atoms with van der Waals surface area (Å²) in [6.07, 6.45) is 0. The summed E-state index contributed by atoms with van der Waals surface area (Å²) in [6.45, 7) is 1.43. The molecule has 0 bridgehead atoms. The summed E-state index contributed by atoms with van der Waals surface area (Å²) in [5.41, 5.74) is -0.0794. The van der Waals surface area contributed by atoms with Gasteiger partial charge in [-0.15, -0.1) is 0 Å². The highest BCUT2D eigenvalue weighted by Gasteiger charge is 2.18. The van der Waals surface area contributed by atoms with Crippen molar-refractivity contribution in [1.29, 1.82) is 0 Å². The lowest BCUT2D eigenvalue weighted by Gasteiger charge is -2.11. The molecule has 0 heterocycles. The van der Waals surface area contributed by atoms with Crippen LogP contribution in [-0.4, -0.2) is 22.6 Å². The first-order chi connectivity index (χ1) is 8.07. The third-order valence-electron chi connectivity index (χ3n) is 1.93. The lowest BCUT2D eigenvalue weighted by molar-refractivity contribution is 0.602. The van der Waals surface area contributed by atoms with Crippen molar-refractivity contribution >= 4 is 58.6 Å². The number of hydrogen-bond donors (Lipinski definition) is 1. The van der Waals surface area contributed by atoms with Crippen molar-refractivity contribution < 1.29 is 16.8 Å². The molecule has 0 unspecified atom stereocenters. The Bertz CT molecular complexity index is 647. The van der Waals surface area contributed by atoms with Crippen LogP contribution in [0.1, 0.15) is 6.92 Å². The van der Waals surface area contributed by atoms with E-state index in [1.165, 1.54) is 6.92 Å². The van der Waals surface area contributed by atoms with Gasteiger partial charge in [-0.05, 0) is 19.1 Å². The highest BCUT2D eigenvalue weighted by atomic mass is 35.7. The van der Waals surface area contributed by atoms with Gasteiger partial charge in [0.2, 0.25) is 10.0 Å². The Morgan fingerprint density at radius 3 is 1.89 bits per heavy atom. The van der Waals surface area contributed by atoms with Gasteiger partial charge >= 0.3 is 0 Å². The Kier molecular flexibility index (Phi) is 4.77. The van der Waals surface area contributed by atoms with Crippen LogP contribution in [0, 0.1) is 0 Å².